The quantitative estimate of drug-likeness (QED) is 0.432. The third kappa shape index (κ3) is 2.46. The molecule has 0 N–H and O–H groups in total. The molecule has 6 rings (SSSR count). The Morgan fingerprint density at radius 2 is 1.18 bits per heavy atom. The van der Waals surface area contributed by atoms with Crippen molar-refractivity contribution in [3.8, 4) is 5.75 Å². The Morgan fingerprint density at radius 1 is 0.647 bits per heavy atom. The lowest BCUT2D eigenvalue weighted by molar-refractivity contribution is 0.0650. The number of rotatable bonds is 3. The fraction of sp³-hybridized carbons (Fsp3) is 0.111. The molecule has 4 amide bonds. The fourth-order valence-corrected chi connectivity index (χ4v) is 4.97. The van der Waals surface area contributed by atoms with Crippen LogP contribution in [-0.4, -0.2) is 42.2 Å². The van der Waals surface area contributed by atoms with E-state index in [2.05, 4.69) is 0 Å². The normalized spacial score (nSPS) is 15.0. The van der Waals surface area contributed by atoms with Crippen LogP contribution in [0.5, 0.6) is 5.75 Å². The molecule has 34 heavy (non-hydrogen) atoms. The van der Waals surface area contributed by atoms with Crippen LogP contribution in [0.1, 0.15) is 48.4 Å². The molecule has 0 aliphatic carbocycles. The summed E-state index contributed by atoms with van der Waals surface area (Å²) in [5.41, 5.74) is 1.83. The smallest absolute Gasteiger partial charge is 0.266 e. The Labute approximate surface area is 194 Å². The Kier molecular flexibility index (Phi) is 4.13. The van der Waals surface area contributed by atoms with Gasteiger partial charge in [0.05, 0.1) is 12.3 Å². The standard InChI is InChI=1S/C27H18N2O5/c1-3-34-21-13-11-19-23-15(21)7-5-9-17(23)26(32)29(27(19)33)20-12-10-18-22-14(20)6-4-8-16(22)24(30)28(2)25(18)31/h4-13H,3H2,1-2H3. The van der Waals surface area contributed by atoms with Crippen molar-refractivity contribution < 1.29 is 23.9 Å². The van der Waals surface area contributed by atoms with Gasteiger partial charge in [-0.15, -0.1) is 0 Å². The van der Waals surface area contributed by atoms with Gasteiger partial charge >= 0.3 is 0 Å². The van der Waals surface area contributed by atoms with Crippen molar-refractivity contribution in [2.24, 2.45) is 0 Å². The van der Waals surface area contributed by atoms with Crippen LogP contribution in [0.15, 0.2) is 60.7 Å². The van der Waals surface area contributed by atoms with Gasteiger partial charge in [0.2, 0.25) is 0 Å². The van der Waals surface area contributed by atoms with Crippen molar-refractivity contribution in [2.45, 2.75) is 6.92 Å². The minimum absolute atomic E-state index is 0.331. The molecule has 0 aromatic heterocycles. The molecule has 0 atom stereocenters. The van der Waals surface area contributed by atoms with E-state index in [9.17, 15) is 19.2 Å². The van der Waals surface area contributed by atoms with Gasteiger partial charge in [0.25, 0.3) is 23.6 Å². The summed E-state index contributed by atoms with van der Waals surface area (Å²) in [6, 6.07) is 16.9. The predicted molar refractivity (Wildman–Crippen MR) is 127 cm³/mol. The van der Waals surface area contributed by atoms with E-state index >= 15 is 0 Å². The lowest BCUT2D eigenvalue weighted by atomic mass is 9.90. The van der Waals surface area contributed by atoms with Gasteiger partial charge in [-0.3, -0.25) is 24.1 Å². The molecule has 4 aromatic carbocycles. The number of carbonyl (C=O) groups excluding carboxylic acids is 4. The first kappa shape index (κ1) is 20.1. The van der Waals surface area contributed by atoms with Gasteiger partial charge in [-0.25, -0.2) is 4.90 Å². The van der Waals surface area contributed by atoms with Crippen LogP contribution in [0.3, 0.4) is 0 Å². The van der Waals surface area contributed by atoms with Crippen molar-refractivity contribution >= 4 is 50.9 Å². The summed E-state index contributed by atoms with van der Waals surface area (Å²) in [6.45, 7) is 2.33. The van der Waals surface area contributed by atoms with Gasteiger partial charge in [-0.05, 0) is 43.3 Å². The van der Waals surface area contributed by atoms with Crippen LogP contribution in [0, 0.1) is 0 Å². The first-order valence-corrected chi connectivity index (χ1v) is 10.9. The second-order valence-corrected chi connectivity index (χ2v) is 8.25. The number of carbonyl (C=O) groups is 4. The maximum Gasteiger partial charge on any atom is 0.266 e. The molecule has 7 heteroatoms. The van der Waals surface area contributed by atoms with Crippen LogP contribution in [0.25, 0.3) is 21.5 Å². The lowest BCUT2D eigenvalue weighted by Crippen LogP contribution is -2.41. The predicted octanol–water partition coefficient (Wildman–Crippen LogP) is 4.42. The number of hydrogen-bond donors (Lipinski definition) is 0. The van der Waals surface area contributed by atoms with Crippen LogP contribution in [0.4, 0.5) is 5.69 Å². The summed E-state index contributed by atoms with van der Waals surface area (Å²) >= 11 is 0. The van der Waals surface area contributed by atoms with E-state index < -0.39 is 23.6 Å². The average Bonchev–Trinajstić information content (AvgIpc) is 2.85. The molecular weight excluding hydrogens is 432 g/mol. The van der Waals surface area contributed by atoms with Crippen LogP contribution in [-0.2, 0) is 0 Å². The highest BCUT2D eigenvalue weighted by Gasteiger charge is 2.37. The molecule has 2 aliphatic heterocycles. The van der Waals surface area contributed by atoms with E-state index in [1.807, 2.05) is 13.0 Å². The zero-order valence-corrected chi connectivity index (χ0v) is 18.4. The summed E-state index contributed by atoms with van der Waals surface area (Å²) < 4.78 is 5.71. The van der Waals surface area contributed by atoms with Crippen molar-refractivity contribution in [3.63, 3.8) is 0 Å². The Bertz CT molecular complexity index is 1580. The van der Waals surface area contributed by atoms with E-state index in [0.717, 1.165) is 9.80 Å². The second kappa shape index (κ2) is 6.99. The summed E-state index contributed by atoms with van der Waals surface area (Å²) in [7, 11) is 1.44. The van der Waals surface area contributed by atoms with Crippen LogP contribution < -0.4 is 9.64 Å². The largest absolute Gasteiger partial charge is 0.493 e. The number of amides is 4. The molecule has 4 aromatic rings. The zero-order chi connectivity index (χ0) is 23.7. The van der Waals surface area contributed by atoms with Crippen LogP contribution >= 0.6 is 0 Å². The molecule has 2 aliphatic rings. The molecule has 0 radical (unpaired) electrons. The Balaban J connectivity index is 1.60. The molecule has 0 saturated carbocycles. The number of hydrogen-bond acceptors (Lipinski definition) is 5. The number of ether oxygens (including phenoxy) is 1. The number of nitrogens with zero attached hydrogens (tertiary/aromatic N) is 2. The van der Waals surface area contributed by atoms with Crippen molar-refractivity contribution in [1.29, 1.82) is 0 Å². The van der Waals surface area contributed by atoms with Crippen molar-refractivity contribution in [2.75, 3.05) is 18.6 Å². The maximum atomic E-state index is 13.7. The van der Waals surface area contributed by atoms with E-state index in [0.29, 0.717) is 61.8 Å². The molecule has 7 nitrogen and oxygen atoms in total. The van der Waals surface area contributed by atoms with Gasteiger partial charge in [0.1, 0.15) is 5.75 Å². The van der Waals surface area contributed by atoms with E-state index in [1.165, 1.54) is 7.05 Å². The van der Waals surface area contributed by atoms with E-state index in [4.69, 9.17) is 4.74 Å². The summed E-state index contributed by atoms with van der Waals surface area (Å²) in [5.74, 6) is -1.17. The molecule has 0 fully saturated rings. The molecule has 0 spiro atoms. The number of benzene rings is 4. The topological polar surface area (TPSA) is 84.0 Å². The molecule has 166 valence electrons. The van der Waals surface area contributed by atoms with Gasteiger partial charge < -0.3 is 4.74 Å². The summed E-state index contributed by atoms with van der Waals surface area (Å²) in [6.07, 6.45) is 0. The lowest BCUT2D eigenvalue weighted by Gasteiger charge is -2.30. The summed E-state index contributed by atoms with van der Waals surface area (Å²) in [5, 5.41) is 2.21. The summed E-state index contributed by atoms with van der Waals surface area (Å²) in [4.78, 5) is 55.1. The molecular formula is C27H18N2O5. The Hall–Kier alpha value is -4.52. The highest BCUT2D eigenvalue weighted by atomic mass is 16.5. The fourth-order valence-electron chi connectivity index (χ4n) is 4.97. The molecule has 0 saturated heterocycles. The minimum atomic E-state index is -0.469. The molecule has 0 bridgehead atoms. The SMILES string of the molecule is CCOc1ccc2c3c(cccc13)C(=O)N(c1ccc3c4c(cccc14)C(=O)N(C)C3=O)C2=O. The van der Waals surface area contributed by atoms with Crippen LogP contribution in [0.2, 0.25) is 0 Å². The first-order chi connectivity index (χ1) is 16.4. The van der Waals surface area contributed by atoms with Crippen molar-refractivity contribution in [3.05, 3.63) is 82.9 Å². The second-order valence-electron chi connectivity index (χ2n) is 8.25. The highest BCUT2D eigenvalue weighted by molar-refractivity contribution is 6.38. The molecule has 0 unspecified atom stereocenters. The van der Waals surface area contributed by atoms with Gasteiger partial charge in [0.15, 0.2) is 0 Å². The monoisotopic (exact) mass is 450 g/mol. The molecule has 2 heterocycles. The van der Waals surface area contributed by atoms with E-state index in [-0.39, 0.29) is 0 Å². The first-order valence-electron chi connectivity index (χ1n) is 10.9. The van der Waals surface area contributed by atoms with Gasteiger partial charge in [0, 0.05) is 50.8 Å². The van der Waals surface area contributed by atoms with E-state index in [1.54, 1.807) is 54.6 Å². The Morgan fingerprint density at radius 3 is 1.85 bits per heavy atom. The number of imide groups is 2. The minimum Gasteiger partial charge on any atom is -0.493 e. The maximum absolute atomic E-state index is 13.7. The number of anilines is 1. The average molecular weight is 450 g/mol. The third-order valence-corrected chi connectivity index (χ3v) is 6.50. The zero-order valence-electron chi connectivity index (χ0n) is 18.4. The third-order valence-electron chi connectivity index (χ3n) is 6.50. The van der Waals surface area contributed by atoms with Gasteiger partial charge in [-0.2, -0.15) is 0 Å². The highest BCUT2D eigenvalue weighted by Crippen LogP contribution is 2.41. The van der Waals surface area contributed by atoms with Gasteiger partial charge in [-0.1, -0.05) is 24.3 Å². The van der Waals surface area contributed by atoms with Crippen molar-refractivity contribution in [1.82, 2.24) is 4.90 Å².